The molecule has 10 heteroatoms. The van der Waals surface area contributed by atoms with Crippen LogP contribution < -0.4 is 15.0 Å². The summed E-state index contributed by atoms with van der Waals surface area (Å²) in [7, 11) is 1.30. The fraction of sp³-hybridized carbons (Fsp3) is 0.179. The highest BCUT2D eigenvalue weighted by Gasteiger charge is 2.35. The van der Waals surface area contributed by atoms with Crippen LogP contribution in [-0.4, -0.2) is 54.8 Å². The van der Waals surface area contributed by atoms with E-state index in [2.05, 4.69) is 5.32 Å². The second-order valence-electron chi connectivity index (χ2n) is 8.75. The van der Waals surface area contributed by atoms with Gasteiger partial charge in [0.25, 0.3) is 17.7 Å². The Balaban J connectivity index is 1.28. The van der Waals surface area contributed by atoms with Gasteiger partial charge in [0, 0.05) is 18.7 Å². The molecule has 192 valence electrons. The zero-order valence-corrected chi connectivity index (χ0v) is 20.4. The number of carbonyl (C=O) groups is 5. The van der Waals surface area contributed by atoms with Crippen LogP contribution in [0.3, 0.4) is 0 Å². The van der Waals surface area contributed by atoms with Crippen LogP contribution in [0.2, 0.25) is 0 Å². The first-order valence-electron chi connectivity index (χ1n) is 11.9. The van der Waals surface area contributed by atoms with E-state index in [-0.39, 0.29) is 32.0 Å². The summed E-state index contributed by atoms with van der Waals surface area (Å²) in [5.74, 6) is -1.54. The average Bonchev–Trinajstić information content (AvgIpc) is 3.18. The van der Waals surface area contributed by atoms with E-state index < -0.39 is 23.7 Å². The number of hydrogen-bond donors (Lipinski definition) is 1. The van der Waals surface area contributed by atoms with Crippen LogP contribution >= 0.6 is 0 Å². The van der Waals surface area contributed by atoms with E-state index in [1.807, 2.05) is 0 Å². The molecule has 0 bridgehead atoms. The average molecular weight is 514 g/mol. The summed E-state index contributed by atoms with van der Waals surface area (Å²) in [6.07, 6.45) is -0.0952. The van der Waals surface area contributed by atoms with Crippen molar-refractivity contribution in [1.82, 2.24) is 4.90 Å². The number of benzene rings is 3. The van der Waals surface area contributed by atoms with Crippen LogP contribution in [0.1, 0.15) is 43.1 Å². The van der Waals surface area contributed by atoms with Crippen LogP contribution in [0.5, 0.6) is 5.75 Å². The molecule has 0 aliphatic carbocycles. The molecule has 0 aromatic heterocycles. The highest BCUT2D eigenvalue weighted by molar-refractivity contribution is 6.21. The summed E-state index contributed by atoms with van der Waals surface area (Å²) in [6, 6.07) is 18.2. The number of esters is 1. The minimum absolute atomic E-state index is 0.0621. The summed E-state index contributed by atoms with van der Waals surface area (Å²) in [5, 5.41) is 2.75. The van der Waals surface area contributed by atoms with Crippen molar-refractivity contribution in [2.24, 2.45) is 0 Å². The predicted molar refractivity (Wildman–Crippen MR) is 136 cm³/mol. The van der Waals surface area contributed by atoms with E-state index in [1.165, 1.54) is 12.0 Å². The van der Waals surface area contributed by atoms with Gasteiger partial charge >= 0.3 is 5.97 Å². The van der Waals surface area contributed by atoms with Crippen molar-refractivity contribution < 1.29 is 33.4 Å². The monoisotopic (exact) mass is 513 g/mol. The van der Waals surface area contributed by atoms with Crippen molar-refractivity contribution in [3.8, 4) is 5.75 Å². The lowest BCUT2D eigenvalue weighted by Crippen LogP contribution is -2.38. The Hall–Kier alpha value is -4.99. The Kier molecular flexibility index (Phi) is 6.61. The van der Waals surface area contributed by atoms with Gasteiger partial charge in [0.2, 0.25) is 5.91 Å². The SMILES string of the molecule is COC(=O)c1cccc(CN2C(=O)COc3ccc(NC(=O)CCN4C(=O)c5ccccc5C4=O)cc32)c1. The van der Waals surface area contributed by atoms with Gasteiger partial charge in [0.05, 0.1) is 36.0 Å². The number of anilines is 2. The van der Waals surface area contributed by atoms with Crippen molar-refractivity contribution in [2.45, 2.75) is 13.0 Å². The van der Waals surface area contributed by atoms with Crippen LogP contribution in [-0.2, 0) is 20.9 Å². The third kappa shape index (κ3) is 4.71. The highest BCUT2D eigenvalue weighted by Crippen LogP contribution is 2.35. The van der Waals surface area contributed by atoms with Crippen LogP contribution in [0.4, 0.5) is 11.4 Å². The van der Waals surface area contributed by atoms with Crippen molar-refractivity contribution in [1.29, 1.82) is 0 Å². The van der Waals surface area contributed by atoms with Crippen molar-refractivity contribution >= 4 is 41.0 Å². The second-order valence-corrected chi connectivity index (χ2v) is 8.75. The number of imide groups is 1. The minimum Gasteiger partial charge on any atom is -0.482 e. The third-order valence-corrected chi connectivity index (χ3v) is 6.32. The molecule has 38 heavy (non-hydrogen) atoms. The minimum atomic E-state index is -0.480. The number of nitrogens with zero attached hydrogens (tertiary/aromatic N) is 2. The summed E-state index contributed by atoms with van der Waals surface area (Å²) in [4.78, 5) is 64.9. The molecule has 0 unspecified atom stereocenters. The van der Waals surface area contributed by atoms with Gasteiger partial charge in [-0.1, -0.05) is 24.3 Å². The van der Waals surface area contributed by atoms with E-state index in [1.54, 1.807) is 66.7 Å². The lowest BCUT2D eigenvalue weighted by molar-refractivity contribution is -0.121. The van der Waals surface area contributed by atoms with Gasteiger partial charge < -0.3 is 19.7 Å². The maximum absolute atomic E-state index is 12.7. The molecule has 1 N–H and O–H groups in total. The fourth-order valence-corrected chi connectivity index (χ4v) is 4.43. The molecule has 4 amide bonds. The zero-order valence-electron chi connectivity index (χ0n) is 20.4. The predicted octanol–water partition coefficient (Wildman–Crippen LogP) is 3.02. The Morgan fingerprint density at radius 1 is 0.921 bits per heavy atom. The van der Waals surface area contributed by atoms with E-state index in [9.17, 15) is 24.0 Å². The topological polar surface area (TPSA) is 122 Å². The Morgan fingerprint density at radius 3 is 2.37 bits per heavy atom. The molecule has 2 aliphatic heterocycles. The molecule has 3 aromatic carbocycles. The number of carbonyl (C=O) groups excluding carboxylic acids is 5. The van der Waals surface area contributed by atoms with Crippen molar-refractivity contribution in [2.75, 3.05) is 30.5 Å². The number of methoxy groups -OCH3 is 1. The number of amides is 4. The summed E-state index contributed by atoms with van der Waals surface area (Å²) >= 11 is 0. The van der Waals surface area contributed by atoms with Gasteiger partial charge in [-0.2, -0.15) is 0 Å². The molecule has 0 fully saturated rings. The number of ether oxygens (including phenoxy) is 2. The first-order chi connectivity index (χ1) is 18.4. The summed E-state index contributed by atoms with van der Waals surface area (Å²) < 4.78 is 10.3. The Bertz CT molecular complexity index is 1450. The van der Waals surface area contributed by atoms with Gasteiger partial charge in [-0.25, -0.2) is 4.79 Å². The molecule has 10 nitrogen and oxygen atoms in total. The van der Waals surface area contributed by atoms with Gasteiger partial charge in [0.1, 0.15) is 5.75 Å². The Morgan fingerprint density at radius 2 is 1.66 bits per heavy atom. The number of rotatable bonds is 7. The molecule has 0 spiro atoms. The van der Waals surface area contributed by atoms with Crippen molar-refractivity contribution in [3.05, 3.63) is 89.0 Å². The Labute approximate surface area is 217 Å². The first kappa shape index (κ1) is 24.7. The molecule has 0 saturated heterocycles. The highest BCUT2D eigenvalue weighted by atomic mass is 16.5. The van der Waals surface area contributed by atoms with E-state index in [0.717, 1.165) is 4.90 Å². The molecular weight excluding hydrogens is 490 g/mol. The summed E-state index contributed by atoms with van der Waals surface area (Å²) in [5.41, 5.74) is 2.61. The molecule has 2 aliphatic rings. The molecular formula is C28H23N3O7. The normalized spacial score (nSPS) is 14.1. The van der Waals surface area contributed by atoms with Crippen molar-refractivity contribution in [3.63, 3.8) is 0 Å². The molecule has 3 aromatic rings. The molecule has 2 heterocycles. The van der Waals surface area contributed by atoms with E-state index >= 15 is 0 Å². The van der Waals surface area contributed by atoms with Gasteiger partial charge in [-0.15, -0.1) is 0 Å². The van der Waals surface area contributed by atoms with Gasteiger partial charge in [-0.05, 0) is 48.0 Å². The van der Waals surface area contributed by atoms with Gasteiger partial charge in [-0.3, -0.25) is 24.1 Å². The molecule has 5 rings (SSSR count). The fourth-order valence-electron chi connectivity index (χ4n) is 4.43. The molecule has 0 radical (unpaired) electrons. The molecule has 0 saturated carbocycles. The van der Waals surface area contributed by atoms with Crippen LogP contribution in [0.15, 0.2) is 66.7 Å². The zero-order chi connectivity index (χ0) is 26.8. The van der Waals surface area contributed by atoms with Crippen LogP contribution in [0, 0.1) is 0 Å². The van der Waals surface area contributed by atoms with E-state index in [0.29, 0.717) is 39.4 Å². The first-order valence-corrected chi connectivity index (χ1v) is 11.9. The standard InChI is InChI=1S/C28H23N3O7/c1-37-28(36)18-6-4-5-17(13-18)15-31-22-14-19(9-10-23(22)38-16-25(31)33)29-24(32)11-12-30-26(34)20-7-2-3-8-21(20)27(30)35/h2-10,13-14H,11-12,15-16H2,1H3,(H,29,32). The number of fused-ring (bicyclic) bond motifs is 2. The van der Waals surface area contributed by atoms with E-state index in [4.69, 9.17) is 9.47 Å². The third-order valence-electron chi connectivity index (χ3n) is 6.32. The largest absolute Gasteiger partial charge is 0.482 e. The lowest BCUT2D eigenvalue weighted by atomic mass is 10.1. The lowest BCUT2D eigenvalue weighted by Gasteiger charge is -2.30. The number of hydrogen-bond acceptors (Lipinski definition) is 7. The van der Waals surface area contributed by atoms with Crippen LogP contribution in [0.25, 0.3) is 0 Å². The maximum Gasteiger partial charge on any atom is 0.337 e. The summed E-state index contributed by atoms with van der Waals surface area (Å²) in [6.45, 7) is -0.0276. The number of nitrogens with one attached hydrogen (secondary N) is 1. The smallest absolute Gasteiger partial charge is 0.337 e. The quantitative estimate of drug-likeness (QED) is 0.381. The maximum atomic E-state index is 12.7. The molecule has 0 atom stereocenters. The van der Waals surface area contributed by atoms with Gasteiger partial charge in [0.15, 0.2) is 6.61 Å². The second kappa shape index (κ2) is 10.2.